The van der Waals surface area contributed by atoms with Gasteiger partial charge in [-0.15, -0.1) is 0 Å². The molecule has 1 fully saturated rings. The number of piperidine rings is 1. The van der Waals surface area contributed by atoms with Gasteiger partial charge in [0.1, 0.15) is 16.7 Å². The minimum Gasteiger partial charge on any atom is -0.314 e. The van der Waals surface area contributed by atoms with E-state index in [9.17, 15) is 8.42 Å². The van der Waals surface area contributed by atoms with E-state index in [0.29, 0.717) is 6.04 Å². The quantitative estimate of drug-likeness (QED) is 0.834. The van der Waals surface area contributed by atoms with E-state index in [4.69, 9.17) is 5.26 Å². The molecule has 2 N–H and O–H groups in total. The molecule has 2 rings (SSSR count). The van der Waals surface area contributed by atoms with Crippen molar-refractivity contribution in [3.63, 3.8) is 0 Å². The fourth-order valence-electron chi connectivity index (χ4n) is 2.13. The third-order valence-electron chi connectivity index (χ3n) is 3.11. The van der Waals surface area contributed by atoms with E-state index in [1.165, 1.54) is 18.3 Å². The van der Waals surface area contributed by atoms with Gasteiger partial charge >= 0.3 is 0 Å². The van der Waals surface area contributed by atoms with Crippen LogP contribution >= 0.6 is 0 Å². The minimum atomic E-state index is -3.56. The summed E-state index contributed by atoms with van der Waals surface area (Å²) < 4.78 is 27.0. The average molecular weight is 280 g/mol. The molecule has 6 nitrogen and oxygen atoms in total. The van der Waals surface area contributed by atoms with Crippen molar-refractivity contribution in [3.8, 4) is 6.07 Å². The van der Waals surface area contributed by atoms with E-state index in [2.05, 4.69) is 15.0 Å². The zero-order valence-corrected chi connectivity index (χ0v) is 11.4. The van der Waals surface area contributed by atoms with E-state index in [1.807, 2.05) is 13.0 Å². The van der Waals surface area contributed by atoms with Crippen LogP contribution in [0.2, 0.25) is 0 Å². The highest BCUT2D eigenvalue weighted by atomic mass is 32.2. The van der Waals surface area contributed by atoms with Gasteiger partial charge in [-0.05, 0) is 38.4 Å². The summed E-state index contributed by atoms with van der Waals surface area (Å²) >= 11 is 0. The van der Waals surface area contributed by atoms with Crippen LogP contribution in [-0.4, -0.2) is 32.0 Å². The van der Waals surface area contributed by atoms with Crippen LogP contribution in [0, 0.1) is 11.3 Å². The van der Waals surface area contributed by atoms with Gasteiger partial charge < -0.3 is 5.32 Å². The molecular formula is C12H16N4O2S. The van der Waals surface area contributed by atoms with Gasteiger partial charge in [-0.2, -0.15) is 5.26 Å². The Morgan fingerprint density at radius 3 is 2.89 bits per heavy atom. The Hall–Kier alpha value is -1.49. The van der Waals surface area contributed by atoms with Crippen molar-refractivity contribution in [1.29, 1.82) is 5.26 Å². The number of nitrogens with zero attached hydrogens (tertiary/aromatic N) is 2. The topological polar surface area (TPSA) is 94.9 Å². The Balaban J connectivity index is 2.11. The maximum absolute atomic E-state index is 12.2. The molecule has 2 atom stereocenters. The van der Waals surface area contributed by atoms with Crippen molar-refractivity contribution in [2.45, 2.75) is 36.7 Å². The summed E-state index contributed by atoms with van der Waals surface area (Å²) in [5, 5.41) is 11.9. The summed E-state index contributed by atoms with van der Waals surface area (Å²) in [4.78, 5) is 3.87. The van der Waals surface area contributed by atoms with Gasteiger partial charge in [-0.25, -0.2) is 18.1 Å². The van der Waals surface area contributed by atoms with Crippen molar-refractivity contribution >= 4 is 10.0 Å². The smallest absolute Gasteiger partial charge is 0.242 e. The average Bonchev–Trinajstić information content (AvgIpc) is 2.38. The summed E-state index contributed by atoms with van der Waals surface area (Å²) in [6.07, 6.45) is 2.75. The Morgan fingerprint density at radius 2 is 2.32 bits per heavy atom. The summed E-state index contributed by atoms with van der Waals surface area (Å²) in [7, 11) is -3.56. The third kappa shape index (κ3) is 3.50. The molecule has 0 radical (unpaired) electrons. The predicted octanol–water partition coefficient (Wildman–Crippen LogP) is 0.372. The monoisotopic (exact) mass is 280 g/mol. The van der Waals surface area contributed by atoms with Crippen molar-refractivity contribution in [3.05, 3.63) is 24.0 Å². The third-order valence-corrected chi connectivity index (χ3v) is 4.61. The molecule has 0 spiro atoms. The number of nitrogens with one attached hydrogen (secondary N) is 2. The van der Waals surface area contributed by atoms with Crippen LogP contribution in [0.25, 0.3) is 0 Å². The van der Waals surface area contributed by atoms with E-state index >= 15 is 0 Å². The fraction of sp³-hybridized carbons (Fsp3) is 0.500. The van der Waals surface area contributed by atoms with Crippen LogP contribution in [0.4, 0.5) is 0 Å². The lowest BCUT2D eigenvalue weighted by Gasteiger charge is -2.28. The van der Waals surface area contributed by atoms with Gasteiger partial charge in [0.2, 0.25) is 10.0 Å². The standard InChI is InChI=1S/C12H16N4O2S/c1-9-6-10(4-5-14-9)16-19(17,18)12-3-2-11(7-13)15-8-12/h2-3,8-10,14,16H,4-6H2,1H3. The lowest BCUT2D eigenvalue weighted by Crippen LogP contribution is -2.46. The molecular weight excluding hydrogens is 264 g/mol. The second kappa shape index (κ2) is 5.65. The summed E-state index contributed by atoms with van der Waals surface area (Å²) in [5.74, 6) is 0. The molecule has 1 aromatic heterocycles. The van der Waals surface area contributed by atoms with E-state index in [-0.39, 0.29) is 16.6 Å². The molecule has 0 saturated carbocycles. The number of aromatic nitrogens is 1. The molecule has 0 bridgehead atoms. The van der Waals surface area contributed by atoms with Gasteiger partial charge in [-0.1, -0.05) is 0 Å². The second-order valence-corrected chi connectivity index (χ2v) is 6.40. The highest BCUT2D eigenvalue weighted by molar-refractivity contribution is 7.89. The van der Waals surface area contributed by atoms with Gasteiger partial charge in [0.05, 0.1) is 0 Å². The van der Waals surface area contributed by atoms with Crippen LogP contribution < -0.4 is 10.0 Å². The van der Waals surface area contributed by atoms with Crippen LogP contribution in [0.3, 0.4) is 0 Å². The molecule has 102 valence electrons. The molecule has 2 heterocycles. The maximum Gasteiger partial charge on any atom is 0.242 e. The predicted molar refractivity (Wildman–Crippen MR) is 69.8 cm³/mol. The van der Waals surface area contributed by atoms with Crippen molar-refractivity contribution in [2.75, 3.05) is 6.54 Å². The van der Waals surface area contributed by atoms with Gasteiger partial charge in [0.15, 0.2) is 0 Å². The minimum absolute atomic E-state index is 0.0584. The van der Waals surface area contributed by atoms with E-state index < -0.39 is 10.0 Å². The van der Waals surface area contributed by atoms with Crippen LogP contribution in [0.1, 0.15) is 25.5 Å². The number of hydrogen-bond acceptors (Lipinski definition) is 5. The zero-order chi connectivity index (χ0) is 13.9. The molecule has 0 aliphatic carbocycles. The maximum atomic E-state index is 12.2. The van der Waals surface area contributed by atoms with E-state index in [0.717, 1.165) is 19.4 Å². The summed E-state index contributed by atoms with van der Waals surface area (Å²) in [6, 6.07) is 4.91. The van der Waals surface area contributed by atoms with Crippen molar-refractivity contribution in [1.82, 2.24) is 15.0 Å². The van der Waals surface area contributed by atoms with Crippen molar-refractivity contribution < 1.29 is 8.42 Å². The van der Waals surface area contributed by atoms with Crippen LogP contribution in [-0.2, 0) is 10.0 Å². The molecule has 19 heavy (non-hydrogen) atoms. The fourth-order valence-corrected chi connectivity index (χ4v) is 3.36. The number of hydrogen-bond donors (Lipinski definition) is 2. The van der Waals surface area contributed by atoms with Crippen molar-refractivity contribution in [2.24, 2.45) is 0 Å². The molecule has 1 saturated heterocycles. The Labute approximate surface area is 112 Å². The van der Waals surface area contributed by atoms with E-state index in [1.54, 1.807) is 0 Å². The summed E-state index contributed by atoms with van der Waals surface area (Å²) in [6.45, 7) is 2.84. The zero-order valence-electron chi connectivity index (χ0n) is 10.6. The lowest BCUT2D eigenvalue weighted by atomic mass is 10.0. The Morgan fingerprint density at radius 1 is 1.53 bits per heavy atom. The first-order chi connectivity index (χ1) is 9.01. The molecule has 1 aromatic rings. The largest absolute Gasteiger partial charge is 0.314 e. The molecule has 2 unspecified atom stereocenters. The Bertz CT molecular complexity index is 577. The van der Waals surface area contributed by atoms with Crippen LogP contribution in [0.5, 0.6) is 0 Å². The first-order valence-electron chi connectivity index (χ1n) is 6.13. The first kappa shape index (κ1) is 13.9. The number of pyridine rings is 1. The number of rotatable bonds is 3. The highest BCUT2D eigenvalue weighted by Crippen LogP contribution is 2.13. The van der Waals surface area contributed by atoms with Gasteiger partial charge in [0.25, 0.3) is 0 Å². The molecule has 7 heteroatoms. The number of sulfonamides is 1. The summed E-state index contributed by atoms with van der Waals surface area (Å²) in [5.41, 5.74) is 0.203. The SMILES string of the molecule is CC1CC(NS(=O)(=O)c2ccc(C#N)nc2)CCN1. The molecule has 0 amide bonds. The highest BCUT2D eigenvalue weighted by Gasteiger charge is 2.24. The second-order valence-electron chi connectivity index (χ2n) is 4.69. The van der Waals surface area contributed by atoms with Gasteiger partial charge in [-0.3, -0.25) is 0 Å². The molecule has 0 aromatic carbocycles. The van der Waals surface area contributed by atoms with Crippen LogP contribution in [0.15, 0.2) is 23.2 Å². The lowest BCUT2D eigenvalue weighted by molar-refractivity contribution is 0.361. The first-order valence-corrected chi connectivity index (χ1v) is 7.61. The molecule has 1 aliphatic rings. The molecule has 1 aliphatic heterocycles. The number of nitriles is 1. The normalized spacial score (nSPS) is 23.8. The van der Waals surface area contributed by atoms with Gasteiger partial charge in [0, 0.05) is 18.3 Å². The Kier molecular flexibility index (Phi) is 4.14.